The van der Waals surface area contributed by atoms with Gasteiger partial charge in [-0.1, -0.05) is 6.07 Å². The number of benzene rings is 1. The second kappa shape index (κ2) is 6.99. The van der Waals surface area contributed by atoms with Crippen LogP contribution < -0.4 is 20.5 Å². The molecule has 0 aliphatic heterocycles. The molecule has 0 radical (unpaired) electrons. The van der Waals surface area contributed by atoms with Crippen molar-refractivity contribution in [3.63, 3.8) is 0 Å². The lowest BCUT2D eigenvalue weighted by Gasteiger charge is -2.19. The van der Waals surface area contributed by atoms with Crippen LogP contribution in [0.2, 0.25) is 0 Å². The molecule has 0 fully saturated rings. The average Bonchev–Trinajstić information content (AvgIpc) is 2.38. The van der Waals surface area contributed by atoms with E-state index in [4.69, 9.17) is 15.2 Å². The highest BCUT2D eigenvalue weighted by Crippen LogP contribution is 2.29. The molecule has 5 heteroatoms. The molecular formula is C14H22N2O3. The van der Waals surface area contributed by atoms with Gasteiger partial charge in [-0.25, -0.2) is 0 Å². The maximum atomic E-state index is 11.7. The molecule has 1 amide bonds. The van der Waals surface area contributed by atoms with Gasteiger partial charge in [-0.05, 0) is 26.8 Å². The third kappa shape index (κ3) is 4.13. The quantitative estimate of drug-likeness (QED) is 0.820. The molecule has 1 rings (SSSR count). The van der Waals surface area contributed by atoms with E-state index < -0.39 is 6.10 Å². The highest BCUT2D eigenvalue weighted by atomic mass is 16.5. The van der Waals surface area contributed by atoms with Gasteiger partial charge < -0.3 is 20.5 Å². The van der Waals surface area contributed by atoms with Gasteiger partial charge in [0.15, 0.2) is 6.10 Å². The summed E-state index contributed by atoms with van der Waals surface area (Å²) in [5.74, 6) is 1.09. The molecule has 5 nitrogen and oxygen atoms in total. The molecule has 0 aromatic heterocycles. The number of ether oxygens (including phenoxy) is 2. The summed E-state index contributed by atoms with van der Waals surface area (Å²) < 4.78 is 10.8. The molecule has 0 saturated heterocycles. The zero-order chi connectivity index (χ0) is 14.4. The fourth-order valence-corrected chi connectivity index (χ4v) is 1.68. The van der Waals surface area contributed by atoms with Crippen LogP contribution in [0.4, 0.5) is 0 Å². The number of rotatable bonds is 6. The van der Waals surface area contributed by atoms with E-state index in [1.807, 2.05) is 26.0 Å². The summed E-state index contributed by atoms with van der Waals surface area (Å²) in [5.41, 5.74) is 6.74. The van der Waals surface area contributed by atoms with E-state index in [-0.39, 0.29) is 11.9 Å². The second-order valence-corrected chi connectivity index (χ2v) is 4.35. The number of methoxy groups -OCH3 is 1. The minimum atomic E-state index is -0.579. The maximum absolute atomic E-state index is 11.7. The Kier molecular flexibility index (Phi) is 5.63. The van der Waals surface area contributed by atoms with Crippen molar-refractivity contribution < 1.29 is 14.3 Å². The molecule has 0 aliphatic carbocycles. The SMILES string of the molecule is CCNC(=O)C(C)Oc1cc(OC)ccc1[C@@H](C)N. The van der Waals surface area contributed by atoms with Crippen molar-refractivity contribution in [2.45, 2.75) is 32.9 Å². The van der Waals surface area contributed by atoms with Gasteiger partial charge in [-0.15, -0.1) is 0 Å². The van der Waals surface area contributed by atoms with Gasteiger partial charge in [-0.3, -0.25) is 4.79 Å². The molecule has 19 heavy (non-hydrogen) atoms. The highest BCUT2D eigenvalue weighted by molar-refractivity contribution is 5.80. The molecule has 0 spiro atoms. The maximum Gasteiger partial charge on any atom is 0.260 e. The van der Waals surface area contributed by atoms with Crippen LogP contribution in [0.3, 0.4) is 0 Å². The van der Waals surface area contributed by atoms with Gasteiger partial charge in [0.05, 0.1) is 7.11 Å². The Balaban J connectivity index is 2.94. The van der Waals surface area contributed by atoms with Crippen LogP contribution in [0, 0.1) is 0 Å². The minimum Gasteiger partial charge on any atom is -0.497 e. The summed E-state index contributed by atoms with van der Waals surface area (Å²) in [7, 11) is 1.58. The lowest BCUT2D eigenvalue weighted by Crippen LogP contribution is -2.36. The number of amides is 1. The van der Waals surface area contributed by atoms with Gasteiger partial charge in [0.2, 0.25) is 0 Å². The number of carbonyl (C=O) groups excluding carboxylic acids is 1. The van der Waals surface area contributed by atoms with Crippen molar-refractivity contribution in [1.82, 2.24) is 5.32 Å². The Hall–Kier alpha value is -1.75. The molecular weight excluding hydrogens is 244 g/mol. The summed E-state index contributed by atoms with van der Waals surface area (Å²) in [6.45, 7) is 6.01. The first-order valence-corrected chi connectivity index (χ1v) is 6.37. The van der Waals surface area contributed by atoms with Crippen molar-refractivity contribution in [3.8, 4) is 11.5 Å². The van der Waals surface area contributed by atoms with Crippen molar-refractivity contribution in [1.29, 1.82) is 0 Å². The monoisotopic (exact) mass is 266 g/mol. The third-order valence-corrected chi connectivity index (χ3v) is 2.74. The van der Waals surface area contributed by atoms with Crippen LogP contribution in [0.15, 0.2) is 18.2 Å². The molecule has 3 N–H and O–H groups in total. The number of carbonyl (C=O) groups is 1. The van der Waals surface area contributed by atoms with Gasteiger partial charge in [-0.2, -0.15) is 0 Å². The van der Waals surface area contributed by atoms with Crippen molar-refractivity contribution in [2.24, 2.45) is 5.73 Å². The Morgan fingerprint density at radius 2 is 2.11 bits per heavy atom. The molecule has 1 aromatic carbocycles. The van der Waals surface area contributed by atoms with Crippen LogP contribution in [0.25, 0.3) is 0 Å². The first kappa shape index (κ1) is 15.3. The number of likely N-dealkylation sites (N-methyl/N-ethyl adjacent to an activating group) is 1. The Morgan fingerprint density at radius 3 is 2.63 bits per heavy atom. The number of nitrogens with one attached hydrogen (secondary N) is 1. The number of nitrogens with two attached hydrogens (primary N) is 1. The van der Waals surface area contributed by atoms with Crippen LogP contribution >= 0.6 is 0 Å². The summed E-state index contributed by atoms with van der Waals surface area (Å²) >= 11 is 0. The van der Waals surface area contributed by atoms with Gasteiger partial charge >= 0.3 is 0 Å². The van der Waals surface area contributed by atoms with E-state index in [9.17, 15) is 4.79 Å². The Bertz CT molecular complexity index is 433. The van der Waals surface area contributed by atoms with E-state index in [1.165, 1.54) is 0 Å². The van der Waals surface area contributed by atoms with Crippen molar-refractivity contribution in [3.05, 3.63) is 23.8 Å². The summed E-state index contributed by atoms with van der Waals surface area (Å²) in [6, 6.07) is 5.24. The minimum absolute atomic E-state index is 0.152. The zero-order valence-corrected chi connectivity index (χ0v) is 11.9. The summed E-state index contributed by atoms with van der Waals surface area (Å²) in [4.78, 5) is 11.7. The van der Waals surface area contributed by atoms with E-state index in [1.54, 1.807) is 20.1 Å². The molecule has 1 unspecified atom stereocenters. The molecule has 1 aromatic rings. The highest BCUT2D eigenvalue weighted by Gasteiger charge is 2.17. The smallest absolute Gasteiger partial charge is 0.260 e. The topological polar surface area (TPSA) is 73.6 Å². The lowest BCUT2D eigenvalue weighted by atomic mass is 10.1. The van der Waals surface area contributed by atoms with Gasteiger partial charge in [0, 0.05) is 24.2 Å². The molecule has 2 atom stereocenters. The van der Waals surface area contributed by atoms with Crippen LogP contribution in [0.1, 0.15) is 32.4 Å². The molecule has 106 valence electrons. The predicted molar refractivity (Wildman–Crippen MR) is 74.4 cm³/mol. The zero-order valence-electron chi connectivity index (χ0n) is 11.9. The van der Waals surface area contributed by atoms with E-state index in [0.717, 1.165) is 5.56 Å². The standard InChI is InChI=1S/C14H22N2O3/c1-5-16-14(17)10(3)19-13-8-11(18-4)6-7-12(13)9(2)15/h6-10H,5,15H2,1-4H3,(H,16,17)/t9-,10?/m1/s1. The fourth-order valence-electron chi connectivity index (χ4n) is 1.68. The van der Waals surface area contributed by atoms with Crippen LogP contribution in [-0.2, 0) is 4.79 Å². The van der Waals surface area contributed by atoms with Gasteiger partial charge in [0.1, 0.15) is 11.5 Å². The van der Waals surface area contributed by atoms with Crippen LogP contribution in [-0.4, -0.2) is 25.7 Å². The Morgan fingerprint density at radius 1 is 1.42 bits per heavy atom. The fraction of sp³-hybridized carbons (Fsp3) is 0.500. The largest absolute Gasteiger partial charge is 0.497 e. The van der Waals surface area contributed by atoms with E-state index in [0.29, 0.717) is 18.0 Å². The molecule has 0 saturated carbocycles. The summed E-state index contributed by atoms with van der Waals surface area (Å²) in [6.07, 6.45) is -0.579. The first-order valence-electron chi connectivity index (χ1n) is 6.37. The van der Waals surface area contributed by atoms with Crippen molar-refractivity contribution in [2.75, 3.05) is 13.7 Å². The number of hydrogen-bond donors (Lipinski definition) is 2. The van der Waals surface area contributed by atoms with Crippen molar-refractivity contribution >= 4 is 5.91 Å². The normalized spacial score (nSPS) is 13.5. The molecule has 0 heterocycles. The summed E-state index contributed by atoms with van der Waals surface area (Å²) in [5, 5.41) is 2.72. The third-order valence-electron chi connectivity index (χ3n) is 2.74. The molecule has 0 aliphatic rings. The molecule has 0 bridgehead atoms. The first-order chi connectivity index (χ1) is 8.99. The predicted octanol–water partition coefficient (Wildman–Crippen LogP) is 1.62. The number of hydrogen-bond acceptors (Lipinski definition) is 4. The van der Waals surface area contributed by atoms with Crippen LogP contribution in [0.5, 0.6) is 11.5 Å². The van der Waals surface area contributed by atoms with Gasteiger partial charge in [0.25, 0.3) is 5.91 Å². The van der Waals surface area contributed by atoms with E-state index >= 15 is 0 Å². The van der Waals surface area contributed by atoms with E-state index in [2.05, 4.69) is 5.32 Å². The second-order valence-electron chi connectivity index (χ2n) is 4.35. The Labute approximate surface area is 114 Å². The lowest BCUT2D eigenvalue weighted by molar-refractivity contribution is -0.127. The average molecular weight is 266 g/mol.